The van der Waals surface area contributed by atoms with Crippen LogP contribution < -0.4 is 0 Å². The second-order valence-electron chi connectivity index (χ2n) is 3.46. The van der Waals surface area contributed by atoms with E-state index in [2.05, 4.69) is 14.9 Å². The highest BCUT2D eigenvalue weighted by molar-refractivity contribution is 5.66. The topological polar surface area (TPSA) is 85.5 Å². The van der Waals surface area contributed by atoms with E-state index in [1.807, 2.05) is 0 Å². The first kappa shape index (κ1) is 14.4. The Morgan fingerprint density at radius 1 is 1.44 bits per heavy atom. The van der Waals surface area contributed by atoms with Gasteiger partial charge in [-0.1, -0.05) is 5.16 Å². The summed E-state index contributed by atoms with van der Waals surface area (Å²) in [4.78, 5) is 14.0. The number of hydrogen-bond acceptors (Lipinski definition) is 5. The summed E-state index contributed by atoms with van der Waals surface area (Å²) in [6, 6.07) is 0. The molecule has 6 nitrogen and oxygen atoms in total. The molecule has 0 amide bonds. The molecule has 0 spiro atoms. The summed E-state index contributed by atoms with van der Waals surface area (Å²) in [5.74, 6) is -0.755. The molecule has 1 heterocycles. The number of aryl methyl sites for hydroxylation is 1. The van der Waals surface area contributed by atoms with Gasteiger partial charge >= 0.3 is 12.1 Å². The molecule has 0 fully saturated rings. The second-order valence-corrected chi connectivity index (χ2v) is 3.46. The molecule has 1 aromatic rings. The van der Waals surface area contributed by atoms with Gasteiger partial charge in [-0.25, -0.2) is 0 Å². The lowest BCUT2D eigenvalue weighted by atomic mass is 10.2. The smallest absolute Gasteiger partial charge is 0.411 e. The fourth-order valence-electron chi connectivity index (χ4n) is 1.10. The van der Waals surface area contributed by atoms with Gasteiger partial charge in [0.15, 0.2) is 5.82 Å². The van der Waals surface area contributed by atoms with E-state index in [-0.39, 0.29) is 24.6 Å². The van der Waals surface area contributed by atoms with Crippen LogP contribution >= 0.6 is 0 Å². The van der Waals surface area contributed by atoms with Crippen molar-refractivity contribution < 1.29 is 32.3 Å². The summed E-state index contributed by atoms with van der Waals surface area (Å²) in [5, 5.41) is 11.8. The Morgan fingerprint density at radius 2 is 2.17 bits per heavy atom. The van der Waals surface area contributed by atoms with Gasteiger partial charge in [0.25, 0.3) is 0 Å². The van der Waals surface area contributed by atoms with Gasteiger partial charge in [0.05, 0.1) is 0 Å². The summed E-state index contributed by atoms with van der Waals surface area (Å²) >= 11 is 0. The van der Waals surface area contributed by atoms with Crippen molar-refractivity contribution >= 4 is 5.97 Å². The third kappa shape index (κ3) is 6.18. The molecule has 9 heteroatoms. The molecule has 0 saturated carbocycles. The van der Waals surface area contributed by atoms with E-state index >= 15 is 0 Å². The Labute approximate surface area is 99.7 Å². The average Bonchev–Trinajstić information content (AvgIpc) is 2.63. The van der Waals surface area contributed by atoms with Crippen LogP contribution in [0.4, 0.5) is 13.2 Å². The van der Waals surface area contributed by atoms with E-state index in [1.54, 1.807) is 0 Å². The number of rotatable bonds is 7. The SMILES string of the molecule is O=C(O)CCCc1nc(COCC(F)(F)F)no1. The first-order valence-electron chi connectivity index (χ1n) is 5.04. The number of aliphatic carboxylic acids is 1. The largest absolute Gasteiger partial charge is 0.481 e. The minimum Gasteiger partial charge on any atom is -0.481 e. The molecular formula is C9H11F3N2O4. The minimum absolute atomic E-state index is 0.00424. The second kappa shape index (κ2) is 6.34. The van der Waals surface area contributed by atoms with Crippen molar-refractivity contribution in [2.45, 2.75) is 32.0 Å². The molecule has 0 atom stereocenters. The van der Waals surface area contributed by atoms with E-state index in [0.717, 1.165) is 0 Å². The first-order chi connectivity index (χ1) is 8.37. The van der Waals surface area contributed by atoms with Crippen LogP contribution in [0, 0.1) is 0 Å². The number of nitrogens with zero attached hydrogens (tertiary/aromatic N) is 2. The summed E-state index contributed by atoms with van der Waals surface area (Å²) in [6.07, 6.45) is -3.85. The molecule has 0 aliphatic heterocycles. The Hall–Kier alpha value is -1.64. The zero-order valence-corrected chi connectivity index (χ0v) is 9.24. The lowest BCUT2D eigenvalue weighted by molar-refractivity contribution is -0.177. The number of ether oxygens (including phenoxy) is 1. The van der Waals surface area contributed by atoms with Crippen LogP contribution in [0.3, 0.4) is 0 Å². The van der Waals surface area contributed by atoms with Crippen molar-refractivity contribution in [3.05, 3.63) is 11.7 Å². The third-order valence-electron chi connectivity index (χ3n) is 1.79. The van der Waals surface area contributed by atoms with Gasteiger partial charge in [0, 0.05) is 12.8 Å². The summed E-state index contributed by atoms with van der Waals surface area (Å²) in [6.45, 7) is -1.78. The van der Waals surface area contributed by atoms with Crippen LogP contribution in [0.15, 0.2) is 4.52 Å². The quantitative estimate of drug-likeness (QED) is 0.807. The van der Waals surface area contributed by atoms with Crippen molar-refractivity contribution in [1.29, 1.82) is 0 Å². The van der Waals surface area contributed by atoms with Gasteiger partial charge in [-0.15, -0.1) is 0 Å². The number of carboxylic acids is 1. The highest BCUT2D eigenvalue weighted by Crippen LogP contribution is 2.15. The summed E-state index contributed by atoms with van der Waals surface area (Å²) < 4.78 is 44.3. The van der Waals surface area contributed by atoms with Gasteiger partial charge in [-0.05, 0) is 6.42 Å². The molecule has 1 rings (SSSR count). The van der Waals surface area contributed by atoms with Crippen molar-refractivity contribution in [3.63, 3.8) is 0 Å². The Kier molecular flexibility index (Phi) is 5.08. The molecule has 1 N–H and O–H groups in total. The molecule has 0 radical (unpaired) electrons. The highest BCUT2D eigenvalue weighted by atomic mass is 19.4. The van der Waals surface area contributed by atoms with Crippen molar-refractivity contribution in [2.24, 2.45) is 0 Å². The van der Waals surface area contributed by atoms with E-state index in [0.29, 0.717) is 6.42 Å². The standard InChI is InChI=1S/C9H11F3N2O4/c10-9(11,12)5-17-4-6-13-7(18-14-6)2-1-3-8(15)16/h1-5H2,(H,15,16). The van der Waals surface area contributed by atoms with Crippen LogP contribution in [0.25, 0.3) is 0 Å². The lowest BCUT2D eigenvalue weighted by Crippen LogP contribution is -2.16. The minimum atomic E-state index is -4.39. The van der Waals surface area contributed by atoms with Gasteiger partial charge in [-0.3, -0.25) is 4.79 Å². The monoisotopic (exact) mass is 268 g/mol. The summed E-state index contributed by atoms with van der Waals surface area (Å²) in [7, 11) is 0. The highest BCUT2D eigenvalue weighted by Gasteiger charge is 2.27. The molecule has 0 aliphatic rings. The molecule has 102 valence electrons. The number of carboxylic acid groups (broad SMARTS) is 1. The van der Waals surface area contributed by atoms with Gasteiger partial charge in [-0.2, -0.15) is 18.2 Å². The number of aromatic nitrogens is 2. The Balaban J connectivity index is 2.28. The fourth-order valence-corrected chi connectivity index (χ4v) is 1.10. The van der Waals surface area contributed by atoms with Crippen LogP contribution in [0.2, 0.25) is 0 Å². The lowest BCUT2D eigenvalue weighted by Gasteiger charge is -2.04. The first-order valence-corrected chi connectivity index (χ1v) is 5.04. The van der Waals surface area contributed by atoms with Crippen molar-refractivity contribution in [1.82, 2.24) is 10.1 Å². The fraction of sp³-hybridized carbons (Fsp3) is 0.667. The predicted molar refractivity (Wildman–Crippen MR) is 50.6 cm³/mol. The molecular weight excluding hydrogens is 257 g/mol. The maximum absolute atomic E-state index is 11.8. The molecule has 1 aromatic heterocycles. The molecule has 18 heavy (non-hydrogen) atoms. The maximum atomic E-state index is 11.8. The summed E-state index contributed by atoms with van der Waals surface area (Å²) in [5.41, 5.74) is 0. The predicted octanol–water partition coefficient (Wildman–Crippen LogP) is 1.56. The van der Waals surface area contributed by atoms with Crippen molar-refractivity contribution in [3.8, 4) is 0 Å². The molecule has 0 saturated heterocycles. The number of alkyl halides is 3. The van der Waals surface area contributed by atoms with E-state index in [1.165, 1.54) is 0 Å². The number of carbonyl (C=O) groups is 1. The van der Waals surface area contributed by atoms with E-state index in [4.69, 9.17) is 9.63 Å². The van der Waals surface area contributed by atoms with Crippen LogP contribution in [0.1, 0.15) is 24.6 Å². The van der Waals surface area contributed by atoms with Gasteiger partial charge < -0.3 is 14.4 Å². The van der Waals surface area contributed by atoms with Crippen LogP contribution in [-0.4, -0.2) is 34.0 Å². The Bertz CT molecular complexity index is 391. The van der Waals surface area contributed by atoms with E-state index < -0.39 is 25.4 Å². The van der Waals surface area contributed by atoms with Crippen LogP contribution in [-0.2, 0) is 22.6 Å². The molecule has 0 bridgehead atoms. The number of halogens is 3. The van der Waals surface area contributed by atoms with Crippen molar-refractivity contribution in [2.75, 3.05) is 6.61 Å². The zero-order chi connectivity index (χ0) is 13.6. The maximum Gasteiger partial charge on any atom is 0.411 e. The average molecular weight is 268 g/mol. The molecule has 0 aromatic carbocycles. The number of hydrogen-bond donors (Lipinski definition) is 1. The van der Waals surface area contributed by atoms with E-state index in [9.17, 15) is 18.0 Å². The van der Waals surface area contributed by atoms with Crippen LogP contribution in [0.5, 0.6) is 0 Å². The third-order valence-corrected chi connectivity index (χ3v) is 1.79. The normalized spacial score (nSPS) is 11.7. The Morgan fingerprint density at radius 3 is 2.78 bits per heavy atom. The zero-order valence-electron chi connectivity index (χ0n) is 9.24. The molecule has 0 aliphatic carbocycles. The van der Waals surface area contributed by atoms with Gasteiger partial charge in [0.1, 0.15) is 13.2 Å². The molecule has 0 unspecified atom stereocenters. The van der Waals surface area contributed by atoms with Gasteiger partial charge in [0.2, 0.25) is 5.89 Å².